The molecule has 102 valence electrons. The highest BCUT2D eigenvalue weighted by atomic mass is 16.2. The van der Waals surface area contributed by atoms with E-state index in [-0.39, 0.29) is 11.9 Å². The fourth-order valence-corrected chi connectivity index (χ4v) is 3.38. The average molecular weight is 259 g/mol. The molecule has 1 aromatic rings. The van der Waals surface area contributed by atoms with Crippen LogP contribution < -0.4 is 10.6 Å². The summed E-state index contributed by atoms with van der Waals surface area (Å²) in [5.41, 5.74) is 2.06. The van der Waals surface area contributed by atoms with E-state index in [1.54, 1.807) is 0 Å². The van der Waals surface area contributed by atoms with Crippen LogP contribution in [0.5, 0.6) is 0 Å². The molecule has 3 rings (SSSR count). The Hall–Kier alpha value is -1.42. The largest absolute Gasteiger partial charge is 0.351 e. The summed E-state index contributed by atoms with van der Waals surface area (Å²) in [7, 11) is 0. The fraction of sp³-hybridized carbons (Fsp3) is 0.600. The monoisotopic (exact) mass is 259 g/mol. The van der Waals surface area contributed by atoms with E-state index in [1.165, 1.54) is 19.3 Å². The van der Waals surface area contributed by atoms with Gasteiger partial charge < -0.3 is 10.6 Å². The molecule has 4 nitrogen and oxygen atoms in total. The van der Waals surface area contributed by atoms with Gasteiger partial charge in [0.1, 0.15) is 0 Å². The van der Waals surface area contributed by atoms with Crippen molar-refractivity contribution < 1.29 is 4.79 Å². The lowest BCUT2D eigenvalue weighted by Crippen LogP contribution is -2.43. The van der Waals surface area contributed by atoms with E-state index in [1.807, 2.05) is 25.3 Å². The lowest BCUT2D eigenvalue weighted by molar-refractivity contribution is -0.123. The zero-order chi connectivity index (χ0) is 13.2. The van der Waals surface area contributed by atoms with E-state index in [9.17, 15) is 4.79 Å². The number of fused-ring (bicyclic) bond motifs is 1. The first-order valence-electron chi connectivity index (χ1n) is 7.16. The predicted octanol–water partition coefficient (Wildman–Crippen LogP) is 1.39. The molecule has 3 atom stereocenters. The van der Waals surface area contributed by atoms with Crippen LogP contribution in [0.4, 0.5) is 0 Å². The van der Waals surface area contributed by atoms with Gasteiger partial charge >= 0.3 is 0 Å². The summed E-state index contributed by atoms with van der Waals surface area (Å²) in [6, 6.07) is 4.01. The lowest BCUT2D eigenvalue weighted by atomic mass is 9.93. The molecule has 1 aromatic heterocycles. The third-order valence-electron chi connectivity index (χ3n) is 4.47. The molecule has 2 N–H and O–H groups in total. The molecule has 1 saturated carbocycles. The SMILES string of the molecule is Cc1ccc(CNC(=O)C2NCC3CCCC32)cn1. The molecule has 2 heterocycles. The Bertz CT molecular complexity index is 457. The van der Waals surface area contributed by atoms with Gasteiger partial charge in [-0.15, -0.1) is 0 Å². The van der Waals surface area contributed by atoms with Crippen LogP contribution in [0, 0.1) is 18.8 Å². The summed E-state index contributed by atoms with van der Waals surface area (Å²) in [5, 5.41) is 6.41. The van der Waals surface area contributed by atoms with Crippen molar-refractivity contribution in [2.45, 2.75) is 38.8 Å². The Morgan fingerprint density at radius 2 is 2.37 bits per heavy atom. The predicted molar refractivity (Wildman–Crippen MR) is 73.4 cm³/mol. The summed E-state index contributed by atoms with van der Waals surface area (Å²) in [5.74, 6) is 1.42. The second-order valence-corrected chi connectivity index (χ2v) is 5.77. The molecule has 0 radical (unpaired) electrons. The summed E-state index contributed by atoms with van der Waals surface area (Å²) in [6.45, 7) is 3.54. The van der Waals surface area contributed by atoms with E-state index in [0.29, 0.717) is 12.5 Å². The zero-order valence-electron chi connectivity index (χ0n) is 11.4. The van der Waals surface area contributed by atoms with Gasteiger partial charge in [0.15, 0.2) is 0 Å². The van der Waals surface area contributed by atoms with Crippen molar-refractivity contribution in [2.24, 2.45) is 11.8 Å². The minimum Gasteiger partial charge on any atom is -0.351 e. The summed E-state index contributed by atoms with van der Waals surface area (Å²) < 4.78 is 0. The number of carbonyl (C=O) groups excluding carboxylic acids is 1. The smallest absolute Gasteiger partial charge is 0.237 e. The number of aryl methyl sites for hydroxylation is 1. The molecule has 1 aliphatic carbocycles. The van der Waals surface area contributed by atoms with Crippen molar-refractivity contribution in [3.63, 3.8) is 0 Å². The molecule has 0 aromatic carbocycles. The zero-order valence-corrected chi connectivity index (χ0v) is 11.4. The lowest BCUT2D eigenvalue weighted by Gasteiger charge is -2.17. The maximum absolute atomic E-state index is 12.2. The van der Waals surface area contributed by atoms with Crippen molar-refractivity contribution >= 4 is 5.91 Å². The molecule has 1 saturated heterocycles. The van der Waals surface area contributed by atoms with Crippen LogP contribution in [-0.4, -0.2) is 23.5 Å². The van der Waals surface area contributed by atoms with Gasteiger partial charge in [-0.25, -0.2) is 0 Å². The van der Waals surface area contributed by atoms with Gasteiger partial charge in [-0.05, 0) is 49.8 Å². The number of carbonyl (C=O) groups is 1. The fourth-order valence-electron chi connectivity index (χ4n) is 3.38. The van der Waals surface area contributed by atoms with Crippen LogP contribution >= 0.6 is 0 Å². The third-order valence-corrected chi connectivity index (χ3v) is 4.47. The van der Waals surface area contributed by atoms with Crippen LogP contribution in [0.15, 0.2) is 18.3 Å². The molecule has 0 bridgehead atoms. The van der Waals surface area contributed by atoms with Crippen molar-refractivity contribution in [1.29, 1.82) is 0 Å². The van der Waals surface area contributed by atoms with E-state index in [0.717, 1.165) is 23.7 Å². The molecule has 1 amide bonds. The van der Waals surface area contributed by atoms with Gasteiger partial charge in [-0.1, -0.05) is 12.5 Å². The molecular formula is C15H21N3O. The molecule has 2 fully saturated rings. The van der Waals surface area contributed by atoms with Crippen LogP contribution in [0.1, 0.15) is 30.5 Å². The molecule has 1 aliphatic heterocycles. The van der Waals surface area contributed by atoms with Gasteiger partial charge in [-0.2, -0.15) is 0 Å². The highest BCUT2D eigenvalue weighted by Gasteiger charge is 2.42. The highest BCUT2D eigenvalue weighted by molar-refractivity contribution is 5.82. The first-order valence-corrected chi connectivity index (χ1v) is 7.16. The Balaban J connectivity index is 1.55. The number of hydrogen-bond donors (Lipinski definition) is 2. The topological polar surface area (TPSA) is 54.0 Å². The number of amides is 1. The third kappa shape index (κ3) is 2.63. The van der Waals surface area contributed by atoms with Crippen LogP contribution in [0.2, 0.25) is 0 Å². The van der Waals surface area contributed by atoms with E-state index < -0.39 is 0 Å². The van der Waals surface area contributed by atoms with E-state index in [2.05, 4.69) is 15.6 Å². The van der Waals surface area contributed by atoms with Crippen molar-refractivity contribution in [3.05, 3.63) is 29.6 Å². The second-order valence-electron chi connectivity index (χ2n) is 5.77. The molecule has 2 aliphatic rings. The minimum atomic E-state index is 0.0194. The number of hydrogen-bond acceptors (Lipinski definition) is 3. The van der Waals surface area contributed by atoms with E-state index in [4.69, 9.17) is 0 Å². The molecule has 19 heavy (non-hydrogen) atoms. The van der Waals surface area contributed by atoms with Gasteiger partial charge in [0.2, 0.25) is 5.91 Å². The minimum absolute atomic E-state index is 0.0194. The highest BCUT2D eigenvalue weighted by Crippen LogP contribution is 2.37. The number of pyridine rings is 1. The Morgan fingerprint density at radius 3 is 3.16 bits per heavy atom. The standard InChI is InChI=1S/C15H21N3O/c1-10-5-6-11(7-16-10)8-18-15(19)14-13-4-2-3-12(13)9-17-14/h5-7,12-14,17H,2-4,8-9H2,1H3,(H,18,19). The summed E-state index contributed by atoms with van der Waals surface area (Å²) in [6.07, 6.45) is 5.59. The van der Waals surface area contributed by atoms with Crippen LogP contribution in [-0.2, 0) is 11.3 Å². The quantitative estimate of drug-likeness (QED) is 0.862. The number of rotatable bonds is 3. The van der Waals surface area contributed by atoms with Gasteiger partial charge in [0.05, 0.1) is 6.04 Å². The Labute approximate surface area is 114 Å². The van der Waals surface area contributed by atoms with Gasteiger partial charge in [-0.3, -0.25) is 9.78 Å². The first-order chi connectivity index (χ1) is 9.24. The van der Waals surface area contributed by atoms with Crippen LogP contribution in [0.3, 0.4) is 0 Å². The second kappa shape index (κ2) is 5.29. The first kappa shape index (κ1) is 12.6. The van der Waals surface area contributed by atoms with Crippen molar-refractivity contribution in [1.82, 2.24) is 15.6 Å². The van der Waals surface area contributed by atoms with Gasteiger partial charge in [0, 0.05) is 18.4 Å². The molecule has 4 heteroatoms. The Morgan fingerprint density at radius 1 is 1.47 bits per heavy atom. The summed E-state index contributed by atoms with van der Waals surface area (Å²) >= 11 is 0. The average Bonchev–Trinajstić information content (AvgIpc) is 3.00. The van der Waals surface area contributed by atoms with Crippen molar-refractivity contribution in [2.75, 3.05) is 6.54 Å². The van der Waals surface area contributed by atoms with E-state index >= 15 is 0 Å². The maximum Gasteiger partial charge on any atom is 0.237 e. The maximum atomic E-state index is 12.2. The van der Waals surface area contributed by atoms with Gasteiger partial charge in [0.25, 0.3) is 0 Å². The molecule has 0 spiro atoms. The Kier molecular flexibility index (Phi) is 3.51. The summed E-state index contributed by atoms with van der Waals surface area (Å²) in [4.78, 5) is 16.5. The molecule has 3 unspecified atom stereocenters. The number of aromatic nitrogens is 1. The van der Waals surface area contributed by atoms with Crippen molar-refractivity contribution in [3.8, 4) is 0 Å². The normalized spacial score (nSPS) is 29.2. The number of nitrogens with one attached hydrogen (secondary N) is 2. The van der Waals surface area contributed by atoms with Crippen LogP contribution in [0.25, 0.3) is 0 Å². The number of nitrogens with zero attached hydrogens (tertiary/aromatic N) is 1. The molecular weight excluding hydrogens is 238 g/mol.